The summed E-state index contributed by atoms with van der Waals surface area (Å²) < 4.78 is 0. The minimum atomic E-state index is -0.745. The first kappa shape index (κ1) is 11.9. The number of piperazine rings is 1. The highest BCUT2D eigenvalue weighted by molar-refractivity contribution is 5.67. The van der Waals surface area contributed by atoms with Gasteiger partial charge in [-0.1, -0.05) is 18.2 Å². The third kappa shape index (κ3) is 2.97. The third-order valence-corrected chi connectivity index (χ3v) is 3.16. The highest BCUT2D eigenvalue weighted by Gasteiger charge is 2.26. The zero-order valence-electron chi connectivity index (χ0n) is 9.97. The predicted molar refractivity (Wildman–Crippen MR) is 67.3 cm³/mol. The normalized spacial score (nSPS) is 24.6. The summed E-state index contributed by atoms with van der Waals surface area (Å²) in [5.41, 5.74) is 1.16. The maximum atomic E-state index is 10.7. The van der Waals surface area contributed by atoms with E-state index in [-0.39, 0.29) is 12.5 Å². The van der Waals surface area contributed by atoms with E-state index >= 15 is 0 Å². The summed E-state index contributed by atoms with van der Waals surface area (Å²) in [4.78, 5) is 13.0. The van der Waals surface area contributed by atoms with E-state index in [4.69, 9.17) is 5.11 Å². The Bertz CT molecular complexity index is 380. The van der Waals surface area contributed by atoms with Crippen molar-refractivity contribution in [2.45, 2.75) is 25.4 Å². The van der Waals surface area contributed by atoms with Gasteiger partial charge < -0.3 is 15.3 Å². The maximum absolute atomic E-state index is 10.7. The summed E-state index contributed by atoms with van der Waals surface area (Å²) in [5.74, 6) is -0.745. The van der Waals surface area contributed by atoms with Crippen LogP contribution in [0.2, 0.25) is 0 Å². The van der Waals surface area contributed by atoms with Gasteiger partial charge in [0, 0.05) is 30.9 Å². The first-order valence-electron chi connectivity index (χ1n) is 5.93. The van der Waals surface area contributed by atoms with Gasteiger partial charge in [0.25, 0.3) is 0 Å². The van der Waals surface area contributed by atoms with Crippen LogP contribution in [0.3, 0.4) is 0 Å². The Morgan fingerprint density at radius 2 is 2.18 bits per heavy atom. The Morgan fingerprint density at radius 3 is 2.82 bits per heavy atom. The highest BCUT2D eigenvalue weighted by Crippen LogP contribution is 2.19. The number of carboxylic acid groups (broad SMARTS) is 1. The average Bonchev–Trinajstić information content (AvgIpc) is 2.32. The van der Waals surface area contributed by atoms with Crippen LogP contribution in [0.5, 0.6) is 0 Å². The molecule has 0 unspecified atom stereocenters. The predicted octanol–water partition coefficient (Wildman–Crippen LogP) is 1.33. The van der Waals surface area contributed by atoms with E-state index in [1.165, 1.54) is 0 Å². The molecule has 1 fully saturated rings. The van der Waals surface area contributed by atoms with Gasteiger partial charge in [0.2, 0.25) is 0 Å². The lowest BCUT2D eigenvalue weighted by Crippen LogP contribution is -2.56. The van der Waals surface area contributed by atoms with E-state index in [2.05, 4.69) is 29.3 Å². The fourth-order valence-electron chi connectivity index (χ4n) is 2.26. The second-order valence-corrected chi connectivity index (χ2v) is 4.54. The number of carboxylic acids is 1. The van der Waals surface area contributed by atoms with Crippen molar-refractivity contribution in [1.82, 2.24) is 5.32 Å². The SMILES string of the molecule is C[C@@H]1CN[C@@H](CC(=O)O)CN1c1ccccc1. The van der Waals surface area contributed by atoms with Gasteiger partial charge >= 0.3 is 5.97 Å². The van der Waals surface area contributed by atoms with Crippen molar-refractivity contribution >= 4 is 11.7 Å². The molecular formula is C13H18N2O2. The molecule has 4 heteroatoms. The molecule has 0 aromatic heterocycles. The second-order valence-electron chi connectivity index (χ2n) is 4.54. The van der Waals surface area contributed by atoms with E-state index in [1.54, 1.807) is 0 Å². The lowest BCUT2D eigenvalue weighted by atomic mass is 10.1. The first-order chi connectivity index (χ1) is 8.16. The molecule has 0 spiro atoms. The van der Waals surface area contributed by atoms with Crippen LogP contribution in [0, 0.1) is 0 Å². The molecule has 1 heterocycles. The lowest BCUT2D eigenvalue weighted by Gasteiger charge is -2.40. The van der Waals surface area contributed by atoms with Gasteiger partial charge in [-0.05, 0) is 19.1 Å². The van der Waals surface area contributed by atoms with Crippen LogP contribution >= 0.6 is 0 Å². The Balaban J connectivity index is 2.07. The number of carbonyl (C=O) groups is 1. The van der Waals surface area contributed by atoms with Gasteiger partial charge in [-0.2, -0.15) is 0 Å². The topological polar surface area (TPSA) is 52.6 Å². The lowest BCUT2D eigenvalue weighted by molar-refractivity contribution is -0.137. The Kier molecular flexibility index (Phi) is 3.64. The molecule has 2 N–H and O–H groups in total. The fraction of sp³-hybridized carbons (Fsp3) is 0.462. The number of hydrogen-bond acceptors (Lipinski definition) is 3. The molecule has 1 aliphatic rings. The van der Waals surface area contributed by atoms with Crippen molar-refractivity contribution in [3.05, 3.63) is 30.3 Å². The number of nitrogens with one attached hydrogen (secondary N) is 1. The third-order valence-electron chi connectivity index (χ3n) is 3.16. The summed E-state index contributed by atoms with van der Waals surface area (Å²) in [6.45, 7) is 3.72. The molecular weight excluding hydrogens is 216 g/mol. The van der Waals surface area contributed by atoms with Crippen molar-refractivity contribution in [2.24, 2.45) is 0 Å². The maximum Gasteiger partial charge on any atom is 0.304 e. The summed E-state index contributed by atoms with van der Waals surface area (Å²) >= 11 is 0. The van der Waals surface area contributed by atoms with Gasteiger partial charge in [-0.3, -0.25) is 4.79 Å². The van der Waals surface area contributed by atoms with E-state index in [0.717, 1.165) is 18.8 Å². The molecule has 0 bridgehead atoms. The zero-order chi connectivity index (χ0) is 12.3. The molecule has 0 saturated carbocycles. The average molecular weight is 234 g/mol. The standard InChI is InChI=1S/C13H18N2O2/c1-10-8-14-11(7-13(16)17)9-15(10)12-5-3-2-4-6-12/h2-6,10-11,14H,7-9H2,1H3,(H,16,17)/t10-,11+/m1/s1. The number of benzene rings is 1. The van der Waals surface area contributed by atoms with Crippen molar-refractivity contribution in [2.75, 3.05) is 18.0 Å². The van der Waals surface area contributed by atoms with E-state index in [1.807, 2.05) is 18.2 Å². The van der Waals surface area contributed by atoms with Gasteiger partial charge in [-0.15, -0.1) is 0 Å². The molecule has 2 rings (SSSR count). The van der Waals surface area contributed by atoms with Crippen LogP contribution < -0.4 is 10.2 Å². The van der Waals surface area contributed by atoms with Crippen LogP contribution in [0.25, 0.3) is 0 Å². The second kappa shape index (κ2) is 5.19. The van der Waals surface area contributed by atoms with Crippen LogP contribution in [0.15, 0.2) is 30.3 Å². The molecule has 0 aliphatic carbocycles. The molecule has 4 nitrogen and oxygen atoms in total. The number of anilines is 1. The molecule has 92 valence electrons. The number of aliphatic carboxylic acids is 1. The summed E-state index contributed by atoms with van der Waals surface area (Å²) in [6, 6.07) is 10.6. The quantitative estimate of drug-likeness (QED) is 0.828. The van der Waals surface area contributed by atoms with Crippen molar-refractivity contribution in [3.8, 4) is 0 Å². The minimum Gasteiger partial charge on any atom is -0.481 e. The summed E-state index contributed by atoms with van der Waals surface area (Å²) in [5, 5.41) is 12.1. The number of nitrogens with zero attached hydrogens (tertiary/aromatic N) is 1. The van der Waals surface area contributed by atoms with Crippen molar-refractivity contribution in [3.63, 3.8) is 0 Å². The largest absolute Gasteiger partial charge is 0.481 e. The number of rotatable bonds is 3. The number of para-hydroxylation sites is 1. The van der Waals surface area contributed by atoms with Crippen LogP contribution in [-0.2, 0) is 4.79 Å². The molecule has 1 aromatic rings. The van der Waals surface area contributed by atoms with Gasteiger partial charge in [-0.25, -0.2) is 0 Å². The van der Waals surface area contributed by atoms with Gasteiger partial charge in [0.1, 0.15) is 0 Å². The first-order valence-corrected chi connectivity index (χ1v) is 5.93. The zero-order valence-corrected chi connectivity index (χ0v) is 9.97. The fourth-order valence-corrected chi connectivity index (χ4v) is 2.26. The molecule has 1 aliphatic heterocycles. The Hall–Kier alpha value is -1.55. The molecule has 1 saturated heterocycles. The minimum absolute atomic E-state index is 0.0314. The van der Waals surface area contributed by atoms with Crippen LogP contribution in [0.4, 0.5) is 5.69 Å². The molecule has 0 radical (unpaired) electrons. The van der Waals surface area contributed by atoms with Crippen LogP contribution in [0.1, 0.15) is 13.3 Å². The van der Waals surface area contributed by atoms with E-state index in [9.17, 15) is 4.79 Å². The Labute approximate surface area is 101 Å². The van der Waals surface area contributed by atoms with E-state index in [0.29, 0.717) is 6.04 Å². The summed E-state index contributed by atoms with van der Waals surface area (Å²) in [7, 11) is 0. The van der Waals surface area contributed by atoms with E-state index < -0.39 is 5.97 Å². The summed E-state index contributed by atoms with van der Waals surface area (Å²) in [6.07, 6.45) is 0.177. The monoisotopic (exact) mass is 234 g/mol. The molecule has 0 amide bonds. The highest BCUT2D eigenvalue weighted by atomic mass is 16.4. The van der Waals surface area contributed by atoms with Crippen molar-refractivity contribution < 1.29 is 9.90 Å². The molecule has 17 heavy (non-hydrogen) atoms. The van der Waals surface area contributed by atoms with Gasteiger partial charge in [0.05, 0.1) is 6.42 Å². The smallest absolute Gasteiger partial charge is 0.304 e. The van der Waals surface area contributed by atoms with Crippen LogP contribution in [-0.4, -0.2) is 36.2 Å². The van der Waals surface area contributed by atoms with Crippen molar-refractivity contribution in [1.29, 1.82) is 0 Å². The molecule has 1 aromatic carbocycles. The molecule has 2 atom stereocenters. The van der Waals surface area contributed by atoms with Gasteiger partial charge in [0.15, 0.2) is 0 Å². The Morgan fingerprint density at radius 1 is 1.47 bits per heavy atom. The number of hydrogen-bond donors (Lipinski definition) is 2.